The van der Waals surface area contributed by atoms with Gasteiger partial charge < -0.3 is 19.6 Å². The van der Waals surface area contributed by atoms with E-state index in [4.69, 9.17) is 9.47 Å². The lowest BCUT2D eigenvalue weighted by Gasteiger charge is -2.43. The van der Waals surface area contributed by atoms with E-state index >= 15 is 0 Å². The van der Waals surface area contributed by atoms with Gasteiger partial charge in [0.05, 0.1) is 31.1 Å². The van der Waals surface area contributed by atoms with Gasteiger partial charge in [0.15, 0.2) is 11.5 Å². The van der Waals surface area contributed by atoms with Gasteiger partial charge in [-0.25, -0.2) is 4.79 Å². The minimum absolute atomic E-state index is 0.0207. The second-order valence-corrected chi connectivity index (χ2v) is 12.9. The van der Waals surface area contributed by atoms with Crippen molar-refractivity contribution in [3.05, 3.63) is 38.3 Å². The number of imide groups is 1. The fourth-order valence-corrected chi connectivity index (χ4v) is 10.3. The van der Waals surface area contributed by atoms with Crippen LogP contribution in [0.3, 0.4) is 0 Å². The molecule has 2 N–H and O–H groups in total. The molecule has 2 bridgehead atoms. The number of fused-ring (bicyclic) bond motifs is 9. The first-order chi connectivity index (χ1) is 17.7. The Balaban J connectivity index is 1.45. The number of amides is 2. The minimum Gasteiger partial charge on any atom is -0.493 e. The Morgan fingerprint density at radius 1 is 1.08 bits per heavy atom. The Kier molecular flexibility index (Phi) is 5.72. The number of benzene rings is 1. The van der Waals surface area contributed by atoms with Crippen LogP contribution in [0.4, 0.5) is 0 Å². The minimum atomic E-state index is -1.17. The number of aromatic amines is 1. The first-order valence-electron chi connectivity index (χ1n) is 12.4. The molecule has 0 radical (unpaired) electrons. The van der Waals surface area contributed by atoms with Crippen LogP contribution >= 0.6 is 23.1 Å². The molecule has 8 atom stereocenters. The lowest BCUT2D eigenvalue weighted by Crippen LogP contribution is -2.49. The number of nitrogens with zero attached hydrogens (tertiary/aromatic N) is 1. The van der Waals surface area contributed by atoms with Gasteiger partial charge in [0.2, 0.25) is 11.8 Å². The summed E-state index contributed by atoms with van der Waals surface area (Å²) in [5.74, 6) is -2.39. The molecule has 2 aromatic rings. The monoisotopic (exact) mass is 544 g/mol. The zero-order valence-corrected chi connectivity index (χ0v) is 22.4. The number of methoxy groups -OCH3 is 2. The molecule has 2 aliphatic heterocycles. The van der Waals surface area contributed by atoms with E-state index in [9.17, 15) is 24.3 Å². The number of ether oxygens (including phenoxy) is 2. The van der Waals surface area contributed by atoms with Crippen LogP contribution in [0, 0.1) is 35.5 Å². The maximum Gasteiger partial charge on any atom is 0.327 e. The van der Waals surface area contributed by atoms with E-state index in [0.29, 0.717) is 11.5 Å². The fraction of sp³-hybridized carbons (Fsp3) is 0.538. The molecule has 1 aromatic carbocycles. The smallest absolute Gasteiger partial charge is 0.327 e. The molecular weight excluding hydrogens is 516 g/mol. The number of aromatic nitrogens is 1. The second kappa shape index (κ2) is 8.62. The molecule has 11 heteroatoms. The highest BCUT2D eigenvalue weighted by Crippen LogP contribution is 2.68. The number of thiazole rings is 1. The van der Waals surface area contributed by atoms with Crippen molar-refractivity contribution in [3.8, 4) is 11.5 Å². The van der Waals surface area contributed by atoms with Gasteiger partial charge in [0.25, 0.3) is 0 Å². The van der Waals surface area contributed by atoms with E-state index in [2.05, 4.69) is 4.98 Å². The summed E-state index contributed by atoms with van der Waals surface area (Å²) < 4.78 is 11.0. The molecule has 6 rings (SSSR count). The molecule has 3 fully saturated rings. The fourth-order valence-electron chi connectivity index (χ4n) is 7.43. The number of carboxylic acids is 1. The summed E-state index contributed by atoms with van der Waals surface area (Å²) >= 11 is 2.79. The largest absolute Gasteiger partial charge is 0.493 e. The highest BCUT2D eigenvalue weighted by Gasteiger charge is 2.70. The normalized spacial score (nSPS) is 32.4. The van der Waals surface area contributed by atoms with Gasteiger partial charge in [-0.15, -0.1) is 11.8 Å². The number of H-pyrrole nitrogens is 1. The van der Waals surface area contributed by atoms with E-state index in [1.807, 2.05) is 18.2 Å². The lowest BCUT2D eigenvalue weighted by atomic mass is 9.68. The summed E-state index contributed by atoms with van der Waals surface area (Å²) in [6.07, 6.45) is 0.741. The van der Waals surface area contributed by atoms with Crippen molar-refractivity contribution in [1.29, 1.82) is 0 Å². The number of carboxylic acid groups (broad SMARTS) is 1. The number of thioether (sulfide) groups is 1. The topological polar surface area (TPSA) is 126 Å². The summed E-state index contributed by atoms with van der Waals surface area (Å²) in [6, 6.07) is 4.59. The van der Waals surface area contributed by atoms with Crippen molar-refractivity contribution in [1.82, 2.24) is 9.88 Å². The second-order valence-electron chi connectivity index (χ2n) is 10.6. The van der Waals surface area contributed by atoms with Gasteiger partial charge in [0.1, 0.15) is 6.04 Å². The quantitative estimate of drug-likeness (QED) is 0.532. The Morgan fingerprint density at radius 2 is 1.76 bits per heavy atom. The molecule has 7 unspecified atom stereocenters. The number of likely N-dealkylation sites (tertiary alicyclic amines) is 1. The maximum atomic E-state index is 13.7. The summed E-state index contributed by atoms with van der Waals surface area (Å²) in [5, 5.41) is 10.7. The third-order valence-electron chi connectivity index (χ3n) is 8.69. The van der Waals surface area contributed by atoms with Crippen LogP contribution in [0.1, 0.15) is 36.6 Å². The molecule has 1 saturated heterocycles. The van der Waals surface area contributed by atoms with Crippen molar-refractivity contribution in [2.24, 2.45) is 35.5 Å². The van der Waals surface area contributed by atoms with E-state index in [0.717, 1.165) is 26.8 Å². The van der Waals surface area contributed by atoms with Gasteiger partial charge in [0, 0.05) is 16.0 Å². The van der Waals surface area contributed by atoms with Gasteiger partial charge >= 0.3 is 10.8 Å². The molecule has 196 valence electrons. The van der Waals surface area contributed by atoms with E-state index in [1.54, 1.807) is 39.8 Å². The van der Waals surface area contributed by atoms with Crippen LogP contribution in [-0.2, 0) is 14.4 Å². The van der Waals surface area contributed by atoms with Crippen molar-refractivity contribution < 1.29 is 29.0 Å². The van der Waals surface area contributed by atoms with Crippen molar-refractivity contribution in [2.45, 2.75) is 42.5 Å². The van der Waals surface area contributed by atoms with Crippen LogP contribution in [0.15, 0.2) is 28.0 Å². The molecule has 4 aliphatic rings. The molecule has 1 aromatic heterocycles. The standard InChI is InChI=1S/C26H28N2O7S2/c1-9(2)19(25(31)32)28-23(29)17-11-8-12(18(17)24(28)30)20-16(11)15(21-22(36-20)27-26(33)37-21)10-5-6-13(34-3)14(7-10)35-4/h5-7,9,11-12,15-20H,8H2,1-4H3,(H,27,33)(H,31,32)/t11?,12?,15-,16?,17?,18?,19?,20?/m1/s1. The molecule has 3 heterocycles. The van der Waals surface area contributed by atoms with E-state index < -0.39 is 29.8 Å². The molecule has 37 heavy (non-hydrogen) atoms. The first-order valence-corrected chi connectivity index (χ1v) is 14.1. The molecule has 0 spiro atoms. The Hall–Kier alpha value is -2.79. The number of nitrogens with one attached hydrogen (secondary N) is 1. The third-order valence-corrected chi connectivity index (χ3v) is 11.3. The van der Waals surface area contributed by atoms with Crippen molar-refractivity contribution >= 4 is 40.9 Å². The number of aliphatic carboxylic acids is 1. The predicted molar refractivity (Wildman–Crippen MR) is 136 cm³/mol. The SMILES string of the molecule is COc1ccc([C@H]2c3sc(=O)[nH]c3SC3C4CC(C5C(=O)N(C(C(=O)O)C(C)C)C(=O)C45)C32)cc1OC. The lowest BCUT2D eigenvalue weighted by molar-refractivity contribution is -0.157. The Labute approximate surface area is 221 Å². The van der Waals surface area contributed by atoms with Crippen LogP contribution in [0.25, 0.3) is 0 Å². The van der Waals surface area contributed by atoms with Crippen LogP contribution in [0.5, 0.6) is 11.5 Å². The Morgan fingerprint density at radius 3 is 2.38 bits per heavy atom. The maximum absolute atomic E-state index is 13.7. The summed E-state index contributed by atoms with van der Waals surface area (Å²) in [6.45, 7) is 3.44. The number of carbonyl (C=O) groups is 3. The Bertz CT molecular complexity index is 1370. The average Bonchev–Trinajstić information content (AvgIpc) is 3.58. The molecular formula is C26H28N2O7S2. The highest BCUT2D eigenvalue weighted by atomic mass is 32.2. The van der Waals surface area contributed by atoms with Gasteiger partial charge in [-0.3, -0.25) is 19.3 Å². The van der Waals surface area contributed by atoms with Crippen molar-refractivity contribution in [3.63, 3.8) is 0 Å². The van der Waals surface area contributed by atoms with E-state index in [-0.39, 0.29) is 45.6 Å². The number of rotatable bonds is 6. The number of hydrogen-bond donors (Lipinski definition) is 2. The van der Waals surface area contributed by atoms with Gasteiger partial charge in [-0.2, -0.15) is 0 Å². The molecule has 2 amide bonds. The predicted octanol–water partition coefficient (Wildman–Crippen LogP) is 3.04. The van der Waals surface area contributed by atoms with E-state index in [1.165, 1.54) is 11.3 Å². The highest BCUT2D eigenvalue weighted by molar-refractivity contribution is 8.00. The van der Waals surface area contributed by atoms with Crippen LogP contribution in [0.2, 0.25) is 0 Å². The number of hydrogen-bond acceptors (Lipinski definition) is 8. The molecule has 9 nitrogen and oxygen atoms in total. The summed E-state index contributed by atoms with van der Waals surface area (Å²) in [4.78, 5) is 56.7. The average molecular weight is 545 g/mol. The summed E-state index contributed by atoms with van der Waals surface area (Å²) in [7, 11) is 3.15. The van der Waals surface area contributed by atoms with Gasteiger partial charge in [-0.1, -0.05) is 31.3 Å². The van der Waals surface area contributed by atoms with Crippen LogP contribution < -0.4 is 14.3 Å². The first kappa shape index (κ1) is 24.5. The molecule has 2 aliphatic carbocycles. The van der Waals surface area contributed by atoms with Crippen molar-refractivity contribution in [2.75, 3.05) is 14.2 Å². The summed E-state index contributed by atoms with van der Waals surface area (Å²) in [5.41, 5.74) is 0.966. The van der Waals surface area contributed by atoms with Crippen LogP contribution in [-0.4, -0.2) is 58.3 Å². The zero-order valence-electron chi connectivity index (χ0n) is 20.8. The van der Waals surface area contributed by atoms with Gasteiger partial charge in [-0.05, 0) is 47.8 Å². The molecule has 2 saturated carbocycles. The third kappa shape index (κ3) is 3.35. The zero-order chi connectivity index (χ0) is 26.3. The number of carbonyl (C=O) groups excluding carboxylic acids is 2.